The lowest BCUT2D eigenvalue weighted by molar-refractivity contribution is 0.0983. The third-order valence-corrected chi connectivity index (χ3v) is 3.46. The first-order valence-corrected chi connectivity index (χ1v) is 6.80. The van der Waals surface area contributed by atoms with Gasteiger partial charge >= 0.3 is 0 Å². The molecule has 1 saturated heterocycles. The van der Waals surface area contributed by atoms with E-state index in [1.54, 1.807) is 0 Å². The summed E-state index contributed by atoms with van der Waals surface area (Å²) in [7, 11) is 0. The quantitative estimate of drug-likeness (QED) is 0.858. The van der Waals surface area contributed by atoms with Gasteiger partial charge in [0.1, 0.15) is 0 Å². The molecule has 2 aromatic rings. The predicted octanol–water partition coefficient (Wildman–Crippen LogP) is 1.62. The molecule has 1 atom stereocenters. The summed E-state index contributed by atoms with van der Waals surface area (Å²) >= 11 is 0. The molecule has 0 aliphatic carbocycles. The van der Waals surface area contributed by atoms with Gasteiger partial charge in [-0.3, -0.25) is 0 Å². The Hall–Kier alpha value is -1.59. The van der Waals surface area contributed by atoms with Gasteiger partial charge in [-0.15, -0.1) is 0 Å². The zero-order chi connectivity index (χ0) is 13.1. The molecule has 5 heteroatoms. The molecule has 0 amide bonds. The molecule has 1 aromatic heterocycles. The van der Waals surface area contributed by atoms with E-state index in [0.717, 1.165) is 43.0 Å². The second-order valence-electron chi connectivity index (χ2n) is 4.82. The number of ether oxygens (including phenoxy) is 1. The maximum Gasteiger partial charge on any atom is 0.204 e. The predicted molar refractivity (Wildman–Crippen MR) is 74.3 cm³/mol. The van der Waals surface area contributed by atoms with Crippen molar-refractivity contribution in [1.82, 2.24) is 9.55 Å². The lowest BCUT2D eigenvalue weighted by Gasteiger charge is -2.14. The van der Waals surface area contributed by atoms with Gasteiger partial charge in [0.15, 0.2) is 0 Å². The van der Waals surface area contributed by atoms with E-state index in [9.17, 15) is 0 Å². The Bertz CT molecular complexity index is 547. The number of para-hydroxylation sites is 2. The minimum Gasteiger partial charge on any atom is -0.395 e. The normalized spacial score (nSPS) is 19.1. The van der Waals surface area contributed by atoms with Crippen molar-refractivity contribution in [2.45, 2.75) is 25.5 Å². The van der Waals surface area contributed by atoms with Crippen LogP contribution in [0.25, 0.3) is 11.0 Å². The molecule has 1 aliphatic rings. The van der Waals surface area contributed by atoms with Crippen LogP contribution in [-0.2, 0) is 11.3 Å². The van der Waals surface area contributed by atoms with Crippen molar-refractivity contribution in [2.75, 3.05) is 25.1 Å². The van der Waals surface area contributed by atoms with Gasteiger partial charge in [-0.2, -0.15) is 0 Å². The van der Waals surface area contributed by atoms with Crippen LogP contribution in [0.1, 0.15) is 12.8 Å². The monoisotopic (exact) mass is 261 g/mol. The van der Waals surface area contributed by atoms with Crippen molar-refractivity contribution in [2.24, 2.45) is 0 Å². The molecule has 0 radical (unpaired) electrons. The van der Waals surface area contributed by atoms with Crippen molar-refractivity contribution in [3.05, 3.63) is 24.3 Å². The van der Waals surface area contributed by atoms with Crippen LogP contribution in [0.4, 0.5) is 5.95 Å². The summed E-state index contributed by atoms with van der Waals surface area (Å²) in [5.41, 5.74) is 2.08. The van der Waals surface area contributed by atoms with E-state index in [1.165, 1.54) is 0 Å². The van der Waals surface area contributed by atoms with Crippen molar-refractivity contribution in [3.63, 3.8) is 0 Å². The van der Waals surface area contributed by atoms with Crippen LogP contribution in [0.3, 0.4) is 0 Å². The number of nitrogens with one attached hydrogen (secondary N) is 1. The molecule has 2 N–H and O–H groups in total. The number of benzene rings is 1. The van der Waals surface area contributed by atoms with Crippen LogP contribution >= 0.6 is 0 Å². The van der Waals surface area contributed by atoms with Crippen molar-refractivity contribution >= 4 is 17.0 Å². The first-order chi connectivity index (χ1) is 9.38. The average molecular weight is 261 g/mol. The highest BCUT2D eigenvalue weighted by molar-refractivity contribution is 5.78. The second kappa shape index (κ2) is 5.59. The molecule has 1 fully saturated rings. The Kier molecular flexibility index (Phi) is 3.66. The van der Waals surface area contributed by atoms with E-state index in [0.29, 0.717) is 6.54 Å². The molecule has 102 valence electrons. The van der Waals surface area contributed by atoms with Crippen molar-refractivity contribution in [1.29, 1.82) is 0 Å². The number of aliphatic hydroxyl groups is 1. The van der Waals surface area contributed by atoms with Gasteiger partial charge in [-0.05, 0) is 25.0 Å². The number of aromatic nitrogens is 2. The minimum absolute atomic E-state index is 0.100. The molecule has 1 aliphatic heterocycles. The SMILES string of the molecule is OCCNc1nc2ccccc2n1C[C@H]1CCCO1. The molecule has 0 unspecified atom stereocenters. The third kappa shape index (κ3) is 2.57. The molecule has 0 spiro atoms. The number of hydrogen-bond donors (Lipinski definition) is 2. The third-order valence-electron chi connectivity index (χ3n) is 3.46. The number of nitrogens with zero attached hydrogens (tertiary/aromatic N) is 2. The Morgan fingerprint density at radius 1 is 1.42 bits per heavy atom. The number of imidazole rings is 1. The topological polar surface area (TPSA) is 59.3 Å². The molecule has 3 rings (SSSR count). The fourth-order valence-corrected chi connectivity index (χ4v) is 2.55. The van der Waals surface area contributed by atoms with Crippen molar-refractivity contribution < 1.29 is 9.84 Å². The fraction of sp³-hybridized carbons (Fsp3) is 0.500. The van der Waals surface area contributed by atoms with Gasteiger partial charge in [0, 0.05) is 13.2 Å². The highest BCUT2D eigenvalue weighted by Gasteiger charge is 2.19. The first-order valence-electron chi connectivity index (χ1n) is 6.80. The molecule has 5 nitrogen and oxygen atoms in total. The summed E-state index contributed by atoms with van der Waals surface area (Å²) in [5, 5.41) is 12.1. The Morgan fingerprint density at radius 3 is 3.11 bits per heavy atom. The van der Waals surface area contributed by atoms with E-state index in [2.05, 4.69) is 20.9 Å². The summed E-state index contributed by atoms with van der Waals surface area (Å²) in [5.74, 6) is 0.811. The molecule has 1 aromatic carbocycles. The Morgan fingerprint density at radius 2 is 2.32 bits per heavy atom. The number of hydrogen-bond acceptors (Lipinski definition) is 4. The zero-order valence-electron chi connectivity index (χ0n) is 10.9. The highest BCUT2D eigenvalue weighted by atomic mass is 16.5. The number of fused-ring (bicyclic) bond motifs is 1. The summed E-state index contributed by atoms with van der Waals surface area (Å²) in [6, 6.07) is 8.08. The zero-order valence-corrected chi connectivity index (χ0v) is 10.9. The van der Waals surface area contributed by atoms with Gasteiger partial charge in [-0.1, -0.05) is 12.1 Å². The van der Waals surface area contributed by atoms with Gasteiger partial charge in [0.05, 0.1) is 30.3 Å². The maximum absolute atomic E-state index is 8.95. The van der Waals surface area contributed by atoms with Gasteiger partial charge < -0.3 is 19.7 Å². The summed E-state index contributed by atoms with van der Waals surface area (Å²) < 4.78 is 7.86. The van der Waals surface area contributed by atoms with Crippen molar-refractivity contribution in [3.8, 4) is 0 Å². The van der Waals surface area contributed by atoms with E-state index in [1.807, 2.05) is 18.2 Å². The number of anilines is 1. The molecule has 19 heavy (non-hydrogen) atoms. The molecular weight excluding hydrogens is 242 g/mol. The molecule has 0 saturated carbocycles. The van der Waals surface area contributed by atoms with E-state index < -0.39 is 0 Å². The van der Waals surface area contributed by atoms with Crippen LogP contribution in [0.15, 0.2) is 24.3 Å². The van der Waals surface area contributed by atoms with Crippen LogP contribution in [0.2, 0.25) is 0 Å². The van der Waals surface area contributed by atoms with E-state index in [-0.39, 0.29) is 12.7 Å². The number of rotatable bonds is 5. The molecule has 2 heterocycles. The van der Waals surface area contributed by atoms with Crippen LogP contribution in [-0.4, -0.2) is 40.5 Å². The smallest absolute Gasteiger partial charge is 0.204 e. The van der Waals surface area contributed by atoms with Gasteiger partial charge in [0.25, 0.3) is 0 Å². The summed E-state index contributed by atoms with van der Waals surface area (Å²) in [6.07, 6.45) is 2.51. The first kappa shape index (κ1) is 12.4. The van der Waals surface area contributed by atoms with Gasteiger partial charge in [-0.25, -0.2) is 4.98 Å². The standard InChI is InChI=1S/C14H19N3O2/c18-8-7-15-14-16-12-5-1-2-6-13(12)17(14)10-11-4-3-9-19-11/h1-2,5-6,11,18H,3-4,7-10H2,(H,15,16)/t11-/m1/s1. The molecule has 0 bridgehead atoms. The Balaban J connectivity index is 1.92. The molecular formula is C14H19N3O2. The summed E-state index contributed by atoms with van der Waals surface area (Å²) in [6.45, 7) is 2.28. The van der Waals surface area contributed by atoms with E-state index in [4.69, 9.17) is 9.84 Å². The van der Waals surface area contributed by atoms with Crippen LogP contribution in [0, 0.1) is 0 Å². The lowest BCUT2D eigenvalue weighted by Crippen LogP contribution is -2.18. The highest BCUT2D eigenvalue weighted by Crippen LogP contribution is 2.23. The number of aliphatic hydroxyl groups excluding tert-OH is 1. The fourth-order valence-electron chi connectivity index (χ4n) is 2.55. The Labute approximate surface area is 112 Å². The average Bonchev–Trinajstić information content (AvgIpc) is 3.06. The maximum atomic E-state index is 8.95. The summed E-state index contributed by atoms with van der Waals surface area (Å²) in [4.78, 5) is 4.58. The lowest BCUT2D eigenvalue weighted by atomic mass is 10.2. The van der Waals surface area contributed by atoms with Gasteiger partial charge in [0.2, 0.25) is 5.95 Å². The van der Waals surface area contributed by atoms with E-state index >= 15 is 0 Å². The van der Waals surface area contributed by atoms with Crippen LogP contribution < -0.4 is 5.32 Å². The minimum atomic E-state index is 0.100. The van der Waals surface area contributed by atoms with Crippen LogP contribution in [0.5, 0.6) is 0 Å². The largest absolute Gasteiger partial charge is 0.395 e. The second-order valence-corrected chi connectivity index (χ2v) is 4.82.